The van der Waals surface area contributed by atoms with Gasteiger partial charge in [0.2, 0.25) is 0 Å². The zero-order valence-corrected chi connectivity index (χ0v) is 18.0. The van der Waals surface area contributed by atoms with Crippen molar-refractivity contribution in [1.82, 2.24) is 5.32 Å². The largest absolute Gasteiger partial charge is 0.495 e. The Kier molecular flexibility index (Phi) is 6.60. The van der Waals surface area contributed by atoms with E-state index in [1.54, 1.807) is 25.3 Å². The van der Waals surface area contributed by atoms with E-state index in [0.29, 0.717) is 22.5 Å². The Morgan fingerprint density at radius 3 is 2.50 bits per heavy atom. The maximum Gasteiger partial charge on any atom is 0.263 e. The van der Waals surface area contributed by atoms with Crippen molar-refractivity contribution in [2.75, 3.05) is 36.9 Å². The molecule has 1 aliphatic rings. The third-order valence-corrected chi connectivity index (χ3v) is 6.95. The van der Waals surface area contributed by atoms with E-state index in [-0.39, 0.29) is 9.92 Å². The second kappa shape index (κ2) is 8.78. The van der Waals surface area contributed by atoms with Gasteiger partial charge in [-0.15, -0.1) is 0 Å². The van der Waals surface area contributed by atoms with Crippen molar-refractivity contribution < 1.29 is 13.2 Å². The fourth-order valence-corrected chi connectivity index (χ4v) is 5.15. The van der Waals surface area contributed by atoms with Crippen LogP contribution in [0.3, 0.4) is 0 Å². The standard InChI is InChI=1S/C19H23Cl2N3O3S/c1-24(15-7-9-22-10-8-15)17-12-14(4-5-18(17)27-2)23-28(25,26)19-6-3-13(20)11-16(19)21/h3-6,11-12,15,22-23H,7-10H2,1-2H3. The predicted molar refractivity (Wildman–Crippen MR) is 115 cm³/mol. The number of nitrogens with one attached hydrogen (secondary N) is 2. The van der Waals surface area contributed by atoms with Crippen molar-refractivity contribution in [2.45, 2.75) is 23.8 Å². The number of hydrogen-bond acceptors (Lipinski definition) is 5. The molecule has 0 amide bonds. The van der Waals surface area contributed by atoms with Crippen LogP contribution < -0.4 is 19.7 Å². The van der Waals surface area contributed by atoms with Gasteiger partial charge in [0, 0.05) is 18.1 Å². The first kappa shape index (κ1) is 21.0. The molecule has 0 unspecified atom stereocenters. The summed E-state index contributed by atoms with van der Waals surface area (Å²) in [5, 5.41) is 3.79. The molecule has 2 N–H and O–H groups in total. The highest BCUT2D eigenvalue weighted by atomic mass is 35.5. The Morgan fingerprint density at radius 1 is 1.14 bits per heavy atom. The average molecular weight is 444 g/mol. The lowest BCUT2D eigenvalue weighted by atomic mass is 10.0. The number of nitrogens with zero attached hydrogens (tertiary/aromatic N) is 1. The molecule has 9 heteroatoms. The molecule has 1 heterocycles. The Balaban J connectivity index is 1.90. The van der Waals surface area contributed by atoms with Gasteiger partial charge in [-0.2, -0.15) is 0 Å². The molecule has 1 saturated heterocycles. The van der Waals surface area contributed by atoms with Gasteiger partial charge < -0.3 is 15.0 Å². The highest BCUT2D eigenvalue weighted by Crippen LogP contribution is 2.34. The average Bonchev–Trinajstić information content (AvgIpc) is 2.67. The minimum atomic E-state index is -3.86. The zero-order chi connectivity index (χ0) is 20.3. The summed E-state index contributed by atoms with van der Waals surface area (Å²) in [6, 6.07) is 9.84. The van der Waals surface area contributed by atoms with Gasteiger partial charge in [-0.3, -0.25) is 4.72 Å². The van der Waals surface area contributed by atoms with Crippen LogP contribution in [0.1, 0.15) is 12.8 Å². The number of benzene rings is 2. The molecule has 28 heavy (non-hydrogen) atoms. The van der Waals surface area contributed by atoms with Gasteiger partial charge in [0.1, 0.15) is 10.6 Å². The SMILES string of the molecule is COc1ccc(NS(=O)(=O)c2ccc(Cl)cc2Cl)cc1N(C)C1CCNCC1. The van der Waals surface area contributed by atoms with Crippen LogP contribution in [0.15, 0.2) is 41.3 Å². The number of methoxy groups -OCH3 is 1. The highest BCUT2D eigenvalue weighted by molar-refractivity contribution is 7.92. The van der Waals surface area contributed by atoms with E-state index in [9.17, 15) is 8.42 Å². The molecule has 1 fully saturated rings. The Hall–Kier alpha value is -1.67. The molecule has 2 aromatic carbocycles. The summed E-state index contributed by atoms with van der Waals surface area (Å²) in [6.45, 7) is 1.91. The molecule has 0 spiro atoms. The molecular formula is C19H23Cl2N3O3S. The molecule has 0 radical (unpaired) electrons. The van der Waals surface area contributed by atoms with Gasteiger partial charge in [-0.1, -0.05) is 23.2 Å². The molecule has 0 saturated carbocycles. The molecule has 2 aromatic rings. The quantitative estimate of drug-likeness (QED) is 0.705. The summed E-state index contributed by atoms with van der Waals surface area (Å²) in [7, 11) is -0.252. The van der Waals surface area contributed by atoms with E-state index >= 15 is 0 Å². The molecule has 0 aromatic heterocycles. The van der Waals surface area contributed by atoms with Gasteiger partial charge in [-0.25, -0.2) is 8.42 Å². The van der Waals surface area contributed by atoms with Gasteiger partial charge in [0.25, 0.3) is 10.0 Å². The van der Waals surface area contributed by atoms with Crippen molar-refractivity contribution in [3.63, 3.8) is 0 Å². The molecular weight excluding hydrogens is 421 g/mol. The molecule has 0 atom stereocenters. The van der Waals surface area contributed by atoms with Crippen LogP contribution in [0.25, 0.3) is 0 Å². The van der Waals surface area contributed by atoms with Crippen molar-refractivity contribution >= 4 is 44.6 Å². The molecule has 3 rings (SSSR count). The maximum atomic E-state index is 12.8. The predicted octanol–water partition coefficient (Wildman–Crippen LogP) is 3.99. The van der Waals surface area contributed by atoms with E-state index in [4.69, 9.17) is 27.9 Å². The number of ether oxygens (including phenoxy) is 1. The number of piperidine rings is 1. The molecule has 6 nitrogen and oxygen atoms in total. The summed E-state index contributed by atoms with van der Waals surface area (Å²) >= 11 is 11.9. The first-order valence-electron chi connectivity index (χ1n) is 8.91. The number of anilines is 2. The van der Waals surface area contributed by atoms with Gasteiger partial charge >= 0.3 is 0 Å². The summed E-state index contributed by atoms with van der Waals surface area (Å²) in [4.78, 5) is 2.12. The van der Waals surface area contributed by atoms with Crippen LogP contribution in [0, 0.1) is 0 Å². The van der Waals surface area contributed by atoms with Crippen molar-refractivity contribution in [2.24, 2.45) is 0 Å². The van der Waals surface area contributed by atoms with Gasteiger partial charge in [0.05, 0.1) is 23.5 Å². The van der Waals surface area contributed by atoms with Crippen LogP contribution in [0.2, 0.25) is 10.0 Å². The van der Waals surface area contributed by atoms with E-state index < -0.39 is 10.0 Å². The second-order valence-corrected chi connectivity index (χ2v) is 9.15. The summed E-state index contributed by atoms with van der Waals surface area (Å²) in [5.41, 5.74) is 1.26. The third-order valence-electron chi connectivity index (χ3n) is 4.85. The number of halogens is 2. The summed E-state index contributed by atoms with van der Waals surface area (Å²) in [6.07, 6.45) is 2.02. The van der Waals surface area contributed by atoms with Crippen LogP contribution in [-0.2, 0) is 10.0 Å². The molecule has 0 bridgehead atoms. The lowest BCUT2D eigenvalue weighted by molar-refractivity contribution is 0.406. The molecule has 0 aliphatic carbocycles. The minimum Gasteiger partial charge on any atom is -0.495 e. The number of sulfonamides is 1. The monoisotopic (exact) mass is 443 g/mol. The Bertz CT molecular complexity index is 947. The van der Waals surface area contributed by atoms with Crippen LogP contribution in [0.4, 0.5) is 11.4 Å². The zero-order valence-electron chi connectivity index (χ0n) is 15.7. The van der Waals surface area contributed by atoms with Crippen LogP contribution in [-0.4, -0.2) is 41.7 Å². The normalized spacial score (nSPS) is 15.3. The highest BCUT2D eigenvalue weighted by Gasteiger charge is 2.23. The fraction of sp³-hybridized carbons (Fsp3) is 0.368. The Labute approximate surface area is 175 Å². The van der Waals surface area contributed by atoms with Crippen molar-refractivity contribution in [1.29, 1.82) is 0 Å². The van der Waals surface area contributed by atoms with E-state index in [0.717, 1.165) is 31.6 Å². The van der Waals surface area contributed by atoms with Crippen LogP contribution >= 0.6 is 23.2 Å². The topological polar surface area (TPSA) is 70.7 Å². The Morgan fingerprint density at radius 2 is 1.86 bits per heavy atom. The lowest BCUT2D eigenvalue weighted by Crippen LogP contribution is -2.41. The van der Waals surface area contributed by atoms with E-state index in [1.807, 2.05) is 7.05 Å². The second-order valence-electron chi connectivity index (χ2n) is 6.66. The smallest absolute Gasteiger partial charge is 0.263 e. The number of rotatable bonds is 6. The first-order valence-corrected chi connectivity index (χ1v) is 11.1. The lowest BCUT2D eigenvalue weighted by Gasteiger charge is -2.34. The maximum absolute atomic E-state index is 12.8. The van der Waals surface area contributed by atoms with Crippen molar-refractivity contribution in [3.8, 4) is 5.75 Å². The van der Waals surface area contributed by atoms with E-state index in [1.165, 1.54) is 18.2 Å². The van der Waals surface area contributed by atoms with Gasteiger partial charge in [-0.05, 0) is 62.3 Å². The first-order chi connectivity index (χ1) is 13.3. The third kappa shape index (κ3) is 4.66. The summed E-state index contributed by atoms with van der Waals surface area (Å²) in [5.74, 6) is 0.688. The number of hydrogen-bond donors (Lipinski definition) is 2. The van der Waals surface area contributed by atoms with E-state index in [2.05, 4.69) is 14.9 Å². The summed E-state index contributed by atoms with van der Waals surface area (Å²) < 4.78 is 33.6. The fourth-order valence-electron chi connectivity index (χ4n) is 3.32. The molecule has 152 valence electrons. The van der Waals surface area contributed by atoms with Gasteiger partial charge in [0.15, 0.2) is 0 Å². The molecule has 1 aliphatic heterocycles. The van der Waals surface area contributed by atoms with Crippen LogP contribution in [0.5, 0.6) is 5.75 Å². The minimum absolute atomic E-state index is 0.0253. The van der Waals surface area contributed by atoms with Crippen molar-refractivity contribution in [3.05, 3.63) is 46.4 Å².